The lowest BCUT2D eigenvalue weighted by Gasteiger charge is -2.27. The Morgan fingerprint density at radius 3 is 2.64 bits per heavy atom. The Morgan fingerprint density at radius 1 is 1.09 bits per heavy atom. The summed E-state index contributed by atoms with van der Waals surface area (Å²) in [5.74, 6) is 0.887. The summed E-state index contributed by atoms with van der Waals surface area (Å²) in [4.78, 5) is 2.22. The van der Waals surface area contributed by atoms with Gasteiger partial charge in [-0.2, -0.15) is 10.2 Å². The molecular formula is C16H17N5O. The van der Waals surface area contributed by atoms with Gasteiger partial charge in [-0.15, -0.1) is 5.10 Å². The summed E-state index contributed by atoms with van der Waals surface area (Å²) in [5.41, 5.74) is 3.06. The van der Waals surface area contributed by atoms with Gasteiger partial charge in [0.1, 0.15) is 11.2 Å². The maximum absolute atomic E-state index is 5.43. The van der Waals surface area contributed by atoms with E-state index < -0.39 is 0 Å². The first-order valence-electron chi connectivity index (χ1n) is 7.41. The van der Waals surface area contributed by atoms with E-state index in [1.807, 2.05) is 29.9 Å². The number of rotatable bonds is 2. The van der Waals surface area contributed by atoms with E-state index in [-0.39, 0.29) is 0 Å². The highest BCUT2D eigenvalue weighted by atomic mass is 16.5. The molecule has 6 nitrogen and oxygen atoms in total. The Kier molecular flexibility index (Phi) is 3.23. The van der Waals surface area contributed by atoms with Gasteiger partial charge in [0, 0.05) is 25.7 Å². The summed E-state index contributed by atoms with van der Waals surface area (Å²) in [6.45, 7) is 3.11. The molecule has 2 aromatic heterocycles. The van der Waals surface area contributed by atoms with E-state index in [4.69, 9.17) is 9.84 Å². The van der Waals surface area contributed by atoms with Crippen LogP contribution >= 0.6 is 0 Å². The van der Waals surface area contributed by atoms with Crippen LogP contribution in [0, 0.1) is 0 Å². The molecule has 6 heteroatoms. The molecule has 0 radical (unpaired) electrons. The lowest BCUT2D eigenvalue weighted by molar-refractivity contribution is 0.122. The van der Waals surface area contributed by atoms with Gasteiger partial charge < -0.3 is 9.64 Å². The third-order valence-corrected chi connectivity index (χ3v) is 3.99. The fraction of sp³-hybridized carbons (Fsp3) is 0.312. The van der Waals surface area contributed by atoms with Gasteiger partial charge in [-0.1, -0.05) is 30.3 Å². The van der Waals surface area contributed by atoms with Crippen molar-refractivity contribution in [1.82, 2.24) is 20.0 Å². The average Bonchev–Trinajstić information content (AvgIpc) is 2.94. The monoisotopic (exact) mass is 295 g/mol. The summed E-state index contributed by atoms with van der Waals surface area (Å²) >= 11 is 0. The van der Waals surface area contributed by atoms with Gasteiger partial charge >= 0.3 is 0 Å². The smallest absolute Gasteiger partial charge is 0.177 e. The summed E-state index contributed by atoms with van der Waals surface area (Å²) in [6.07, 6.45) is 1.80. The molecule has 1 saturated heterocycles. The van der Waals surface area contributed by atoms with Crippen LogP contribution in [-0.4, -0.2) is 46.3 Å². The Labute approximate surface area is 128 Å². The predicted octanol–water partition coefficient (Wildman–Crippen LogP) is 1.87. The molecule has 0 N–H and O–H groups in total. The number of hydrogen-bond donors (Lipinski definition) is 0. The Morgan fingerprint density at radius 2 is 1.86 bits per heavy atom. The predicted molar refractivity (Wildman–Crippen MR) is 84.8 cm³/mol. The van der Waals surface area contributed by atoms with Crippen LogP contribution in [0.25, 0.3) is 22.2 Å². The van der Waals surface area contributed by atoms with E-state index in [0.717, 1.165) is 54.3 Å². The van der Waals surface area contributed by atoms with Gasteiger partial charge in [0.05, 0.1) is 24.8 Å². The molecular weight excluding hydrogens is 278 g/mol. The van der Waals surface area contributed by atoms with Crippen molar-refractivity contribution in [2.75, 3.05) is 31.2 Å². The third kappa shape index (κ3) is 2.12. The van der Waals surface area contributed by atoms with Gasteiger partial charge in [-0.25, -0.2) is 0 Å². The minimum atomic E-state index is 0.724. The quantitative estimate of drug-likeness (QED) is 0.722. The van der Waals surface area contributed by atoms with Crippen LogP contribution in [0.5, 0.6) is 0 Å². The molecule has 0 atom stereocenters. The second kappa shape index (κ2) is 5.38. The zero-order valence-corrected chi connectivity index (χ0v) is 12.4. The number of fused-ring (bicyclic) bond motifs is 1. The Hall–Kier alpha value is -2.47. The average molecular weight is 295 g/mol. The molecule has 0 aliphatic carbocycles. The summed E-state index contributed by atoms with van der Waals surface area (Å²) < 4.78 is 7.33. The number of aryl methyl sites for hydroxylation is 1. The van der Waals surface area contributed by atoms with Gasteiger partial charge in [0.2, 0.25) is 0 Å². The number of aromatic nitrogens is 4. The fourth-order valence-corrected chi connectivity index (χ4v) is 2.91. The Bertz CT molecular complexity index is 793. The molecule has 22 heavy (non-hydrogen) atoms. The maximum atomic E-state index is 5.43. The normalized spacial score (nSPS) is 15.4. The number of anilines is 1. The molecule has 4 rings (SSSR count). The maximum Gasteiger partial charge on any atom is 0.177 e. The van der Waals surface area contributed by atoms with Crippen molar-refractivity contribution < 1.29 is 4.74 Å². The van der Waals surface area contributed by atoms with Crippen LogP contribution in [0.15, 0.2) is 36.5 Å². The number of hydrogen-bond acceptors (Lipinski definition) is 5. The highest BCUT2D eigenvalue weighted by molar-refractivity contribution is 5.98. The molecule has 0 unspecified atom stereocenters. The van der Waals surface area contributed by atoms with E-state index >= 15 is 0 Å². The van der Waals surface area contributed by atoms with Gasteiger partial charge in [-0.05, 0) is 0 Å². The number of morpholine rings is 1. The molecule has 1 aliphatic heterocycles. The minimum Gasteiger partial charge on any atom is -0.378 e. The molecule has 1 aliphatic rings. The zero-order valence-electron chi connectivity index (χ0n) is 12.4. The number of nitrogens with zero attached hydrogens (tertiary/aromatic N) is 5. The highest BCUT2D eigenvalue weighted by Crippen LogP contribution is 2.31. The van der Waals surface area contributed by atoms with Crippen molar-refractivity contribution in [3.63, 3.8) is 0 Å². The molecule has 3 aromatic rings. The Balaban J connectivity index is 1.89. The summed E-state index contributed by atoms with van der Waals surface area (Å²) in [5, 5.41) is 14.3. The van der Waals surface area contributed by atoms with Crippen molar-refractivity contribution in [2.45, 2.75) is 0 Å². The first-order chi connectivity index (χ1) is 10.8. The molecule has 112 valence electrons. The van der Waals surface area contributed by atoms with Crippen molar-refractivity contribution >= 4 is 16.7 Å². The van der Waals surface area contributed by atoms with E-state index in [1.165, 1.54) is 0 Å². The molecule has 3 heterocycles. The van der Waals surface area contributed by atoms with Crippen LogP contribution in [0.2, 0.25) is 0 Å². The van der Waals surface area contributed by atoms with Crippen LogP contribution < -0.4 is 4.90 Å². The molecule has 0 bridgehead atoms. The van der Waals surface area contributed by atoms with Crippen LogP contribution in [0.4, 0.5) is 5.82 Å². The van der Waals surface area contributed by atoms with Crippen molar-refractivity contribution in [3.05, 3.63) is 36.5 Å². The van der Waals surface area contributed by atoms with E-state index in [9.17, 15) is 0 Å². The van der Waals surface area contributed by atoms with E-state index in [1.54, 1.807) is 6.20 Å². The van der Waals surface area contributed by atoms with Crippen molar-refractivity contribution in [1.29, 1.82) is 0 Å². The van der Waals surface area contributed by atoms with Gasteiger partial charge in [-0.3, -0.25) is 4.68 Å². The standard InChI is InChI=1S/C16H17N5O/c1-20-15-13(14(19-20)12-5-3-2-4-6-12)11-17-18-16(15)21-7-9-22-10-8-21/h2-6,11H,7-10H2,1H3. The number of benzene rings is 1. The molecule has 1 aromatic carbocycles. The minimum absolute atomic E-state index is 0.724. The second-order valence-corrected chi connectivity index (χ2v) is 5.37. The van der Waals surface area contributed by atoms with Crippen molar-refractivity contribution in [3.8, 4) is 11.3 Å². The SMILES string of the molecule is Cn1nc(-c2ccccc2)c2cnnc(N3CCOCC3)c21. The molecule has 0 saturated carbocycles. The third-order valence-electron chi connectivity index (χ3n) is 3.99. The summed E-state index contributed by atoms with van der Waals surface area (Å²) in [7, 11) is 1.96. The largest absolute Gasteiger partial charge is 0.378 e. The second-order valence-electron chi connectivity index (χ2n) is 5.37. The van der Waals surface area contributed by atoms with Gasteiger partial charge in [0.15, 0.2) is 5.82 Å². The van der Waals surface area contributed by atoms with E-state index in [2.05, 4.69) is 27.2 Å². The van der Waals surface area contributed by atoms with Crippen molar-refractivity contribution in [2.24, 2.45) is 7.05 Å². The lowest BCUT2D eigenvalue weighted by Crippen LogP contribution is -2.37. The summed E-state index contributed by atoms with van der Waals surface area (Å²) in [6, 6.07) is 10.2. The highest BCUT2D eigenvalue weighted by Gasteiger charge is 2.20. The van der Waals surface area contributed by atoms with Gasteiger partial charge in [0.25, 0.3) is 0 Å². The van der Waals surface area contributed by atoms with Crippen LogP contribution in [0.1, 0.15) is 0 Å². The molecule has 0 spiro atoms. The molecule has 0 amide bonds. The number of ether oxygens (including phenoxy) is 1. The van der Waals surface area contributed by atoms with Crippen LogP contribution in [-0.2, 0) is 11.8 Å². The first-order valence-corrected chi connectivity index (χ1v) is 7.41. The van der Waals surface area contributed by atoms with E-state index in [0.29, 0.717) is 0 Å². The molecule has 1 fully saturated rings. The fourth-order valence-electron chi connectivity index (χ4n) is 2.91. The topological polar surface area (TPSA) is 56.1 Å². The lowest BCUT2D eigenvalue weighted by atomic mass is 10.1. The van der Waals surface area contributed by atoms with Crippen LogP contribution in [0.3, 0.4) is 0 Å². The first kappa shape index (κ1) is 13.2. The zero-order chi connectivity index (χ0) is 14.9.